The van der Waals surface area contributed by atoms with E-state index < -0.39 is 22.0 Å². The second-order valence-electron chi connectivity index (χ2n) is 6.47. The van der Waals surface area contributed by atoms with Gasteiger partial charge >= 0.3 is 24.8 Å². The molecular weight excluding hydrogens is 333 g/mol. The van der Waals surface area contributed by atoms with Crippen molar-refractivity contribution in [2.75, 3.05) is 6.26 Å². The molecule has 0 aliphatic heterocycles. The number of fused-ring (bicyclic) bond motifs is 1. The van der Waals surface area contributed by atoms with Gasteiger partial charge in [0.2, 0.25) is 10.0 Å². The van der Waals surface area contributed by atoms with Crippen molar-refractivity contribution in [1.82, 2.24) is 4.31 Å². The number of nitrogens with zero attached hydrogens (tertiary/aromatic N) is 1. The first-order valence-corrected chi connectivity index (χ1v) is 9.70. The van der Waals surface area contributed by atoms with E-state index in [0.29, 0.717) is 0 Å². The van der Waals surface area contributed by atoms with Crippen LogP contribution in [0.25, 0.3) is 10.8 Å². The second kappa shape index (κ2) is 8.86. The molecule has 0 saturated carbocycles. The van der Waals surface area contributed by atoms with E-state index in [0.717, 1.165) is 26.9 Å². The predicted molar refractivity (Wildman–Crippen MR) is 102 cm³/mol. The number of aliphatic carboxylic acids is 1. The molecule has 0 amide bonds. The van der Waals surface area contributed by atoms with Crippen LogP contribution in [0.1, 0.15) is 25.8 Å². The van der Waals surface area contributed by atoms with Gasteiger partial charge in [0.1, 0.15) is 6.04 Å². The van der Waals surface area contributed by atoms with Crippen LogP contribution in [0.3, 0.4) is 0 Å². The quantitative estimate of drug-likeness (QED) is 0.773. The van der Waals surface area contributed by atoms with Crippen LogP contribution in [0.5, 0.6) is 0 Å². The molecule has 2 aromatic carbocycles. The number of hydrogen-bond acceptors (Lipinski definition) is 3. The topological polar surface area (TPSA) is 74.7 Å². The van der Waals surface area contributed by atoms with Crippen molar-refractivity contribution in [3.63, 3.8) is 0 Å². The SMILES string of the molecule is CC(C)CC(C(=O)O)N(Cc1ccc2ccccc2c1)S(C)(=O)=O.[LiH]. The van der Waals surface area contributed by atoms with E-state index >= 15 is 0 Å². The minimum absolute atomic E-state index is 0. The maximum atomic E-state index is 12.2. The van der Waals surface area contributed by atoms with Gasteiger partial charge in [-0.2, -0.15) is 4.31 Å². The molecule has 0 aliphatic carbocycles. The van der Waals surface area contributed by atoms with E-state index in [4.69, 9.17) is 0 Å². The number of carboxylic acid groups (broad SMARTS) is 1. The van der Waals surface area contributed by atoms with Crippen LogP contribution >= 0.6 is 0 Å². The summed E-state index contributed by atoms with van der Waals surface area (Å²) in [5, 5.41) is 11.6. The van der Waals surface area contributed by atoms with Crippen LogP contribution < -0.4 is 0 Å². The molecular formula is C18H24LiNO4S. The third-order valence-corrected chi connectivity index (χ3v) is 5.14. The van der Waals surface area contributed by atoms with Gasteiger partial charge in [0.05, 0.1) is 6.26 Å². The van der Waals surface area contributed by atoms with Gasteiger partial charge in [0, 0.05) is 6.54 Å². The zero-order valence-corrected chi connectivity index (χ0v) is 15.0. The first-order chi connectivity index (χ1) is 11.2. The Labute approximate surface area is 161 Å². The normalized spacial score (nSPS) is 13.0. The molecule has 0 bridgehead atoms. The Morgan fingerprint density at radius 3 is 2.24 bits per heavy atom. The van der Waals surface area contributed by atoms with Crippen LogP contribution in [0.15, 0.2) is 42.5 Å². The first kappa shape index (κ1) is 21.7. The molecule has 7 heteroatoms. The Morgan fingerprint density at radius 2 is 1.72 bits per heavy atom. The summed E-state index contributed by atoms with van der Waals surface area (Å²) in [5.74, 6) is -1.04. The van der Waals surface area contributed by atoms with Crippen molar-refractivity contribution in [2.45, 2.75) is 32.9 Å². The molecule has 5 nitrogen and oxygen atoms in total. The average molecular weight is 357 g/mol. The number of carbonyl (C=O) groups is 1. The van der Waals surface area contributed by atoms with Crippen molar-refractivity contribution < 1.29 is 18.3 Å². The van der Waals surface area contributed by atoms with Gasteiger partial charge in [0.25, 0.3) is 0 Å². The number of carboxylic acids is 1. The molecule has 1 N–H and O–H groups in total. The summed E-state index contributed by atoms with van der Waals surface area (Å²) in [6.07, 6.45) is 1.33. The molecule has 132 valence electrons. The molecule has 0 fully saturated rings. The van der Waals surface area contributed by atoms with Crippen molar-refractivity contribution in [2.24, 2.45) is 5.92 Å². The Morgan fingerprint density at radius 1 is 1.12 bits per heavy atom. The van der Waals surface area contributed by atoms with Crippen LogP contribution in [-0.2, 0) is 21.4 Å². The number of sulfonamides is 1. The first-order valence-electron chi connectivity index (χ1n) is 7.86. The molecule has 0 saturated heterocycles. The molecule has 0 spiro atoms. The average Bonchev–Trinajstić information content (AvgIpc) is 2.49. The van der Waals surface area contributed by atoms with Crippen LogP contribution in [0.2, 0.25) is 0 Å². The Bertz CT molecular complexity index is 836. The third-order valence-electron chi connectivity index (χ3n) is 3.91. The summed E-state index contributed by atoms with van der Waals surface area (Å²) in [4.78, 5) is 11.6. The predicted octanol–water partition coefficient (Wildman–Crippen LogP) is 2.45. The fourth-order valence-electron chi connectivity index (χ4n) is 2.76. The third kappa shape index (κ3) is 5.86. The van der Waals surface area contributed by atoms with Crippen LogP contribution in [0, 0.1) is 5.92 Å². The second-order valence-corrected chi connectivity index (χ2v) is 8.41. The standard InChI is InChI=1S/C18H23NO4S.Li.H/c1-13(2)10-17(18(20)21)19(24(3,22)23)12-14-8-9-15-6-4-5-7-16(15)11-14;;/h4-9,11,13,17H,10,12H2,1-3H3,(H,20,21);;. The Hall–Kier alpha value is -1.32. The van der Waals surface area contributed by atoms with Crippen LogP contribution in [0.4, 0.5) is 0 Å². The Kier molecular flexibility index (Phi) is 7.70. The number of hydrogen-bond donors (Lipinski definition) is 1. The molecule has 1 atom stereocenters. The zero-order valence-electron chi connectivity index (χ0n) is 14.1. The van der Waals surface area contributed by atoms with Gasteiger partial charge in [-0.3, -0.25) is 4.79 Å². The molecule has 1 unspecified atom stereocenters. The van der Waals surface area contributed by atoms with Gasteiger partial charge in [-0.05, 0) is 34.7 Å². The Balaban J connectivity index is 0.00000312. The van der Waals surface area contributed by atoms with Crippen molar-refractivity contribution in [1.29, 1.82) is 0 Å². The summed E-state index contributed by atoms with van der Waals surface area (Å²) in [6.45, 7) is 3.81. The molecule has 0 heterocycles. The molecule has 25 heavy (non-hydrogen) atoms. The van der Waals surface area contributed by atoms with E-state index in [1.807, 2.05) is 56.3 Å². The van der Waals surface area contributed by atoms with Gasteiger partial charge in [-0.1, -0.05) is 50.2 Å². The molecule has 0 radical (unpaired) electrons. The van der Waals surface area contributed by atoms with E-state index in [-0.39, 0.29) is 37.7 Å². The van der Waals surface area contributed by atoms with Crippen molar-refractivity contribution in [3.05, 3.63) is 48.0 Å². The van der Waals surface area contributed by atoms with Gasteiger partial charge in [0.15, 0.2) is 0 Å². The van der Waals surface area contributed by atoms with E-state index in [2.05, 4.69) is 0 Å². The summed E-state index contributed by atoms with van der Waals surface area (Å²) in [7, 11) is -3.65. The zero-order chi connectivity index (χ0) is 17.9. The van der Waals surface area contributed by atoms with Gasteiger partial charge in [-0.15, -0.1) is 0 Å². The molecule has 0 aromatic heterocycles. The van der Waals surface area contributed by atoms with Crippen molar-refractivity contribution in [3.8, 4) is 0 Å². The summed E-state index contributed by atoms with van der Waals surface area (Å²) in [5.41, 5.74) is 0.772. The van der Waals surface area contributed by atoms with Crippen LogP contribution in [-0.4, -0.2) is 55.0 Å². The fraction of sp³-hybridized carbons (Fsp3) is 0.389. The molecule has 2 rings (SSSR count). The van der Waals surface area contributed by atoms with Gasteiger partial charge in [-0.25, -0.2) is 8.42 Å². The fourth-order valence-corrected chi connectivity index (χ4v) is 3.79. The summed E-state index contributed by atoms with van der Waals surface area (Å²) < 4.78 is 25.5. The molecule has 0 aliphatic rings. The van der Waals surface area contributed by atoms with E-state index in [1.165, 1.54) is 0 Å². The van der Waals surface area contributed by atoms with E-state index in [1.54, 1.807) is 0 Å². The minimum atomic E-state index is -3.65. The number of rotatable bonds is 7. The maximum absolute atomic E-state index is 12.2. The van der Waals surface area contributed by atoms with Gasteiger partial charge < -0.3 is 5.11 Å². The van der Waals surface area contributed by atoms with E-state index in [9.17, 15) is 18.3 Å². The summed E-state index contributed by atoms with van der Waals surface area (Å²) >= 11 is 0. The van der Waals surface area contributed by atoms with Crippen molar-refractivity contribution >= 4 is 45.6 Å². The number of benzene rings is 2. The summed E-state index contributed by atoms with van der Waals surface area (Å²) in [6, 6.07) is 12.4. The molecule has 2 aromatic rings. The monoisotopic (exact) mass is 357 g/mol.